The minimum absolute atomic E-state index is 0.318. The molecule has 0 saturated heterocycles. The van der Waals surface area contributed by atoms with E-state index in [4.69, 9.17) is 0 Å². The molecule has 0 saturated carbocycles. The zero-order chi connectivity index (χ0) is 13.7. The zero-order valence-corrected chi connectivity index (χ0v) is 12.9. The molecule has 0 unspecified atom stereocenters. The molecule has 0 radical (unpaired) electrons. The molecule has 1 aliphatic rings. The number of anilines is 1. The molecule has 0 aliphatic carbocycles. The molecule has 19 heavy (non-hydrogen) atoms. The van der Waals surface area contributed by atoms with Crippen LogP contribution >= 0.6 is 0 Å². The van der Waals surface area contributed by atoms with Crippen LogP contribution in [0.15, 0.2) is 24.3 Å². The van der Waals surface area contributed by atoms with Gasteiger partial charge in [-0.2, -0.15) is 0 Å². The Labute approximate surface area is 119 Å². The monoisotopic (exact) mass is 259 g/mol. The van der Waals surface area contributed by atoms with Gasteiger partial charge in [0.25, 0.3) is 0 Å². The molecule has 1 aromatic rings. The second-order valence-electron chi connectivity index (χ2n) is 6.59. The second-order valence-corrected chi connectivity index (χ2v) is 6.59. The van der Waals surface area contributed by atoms with Gasteiger partial charge in [-0.05, 0) is 18.1 Å². The molecule has 1 nitrogen and oxygen atoms in total. The largest absolute Gasteiger partial charge is 0.370 e. The number of hydrogen-bond acceptors (Lipinski definition) is 1. The highest BCUT2D eigenvalue weighted by Gasteiger charge is 2.33. The van der Waals surface area contributed by atoms with E-state index in [9.17, 15) is 0 Å². The first kappa shape index (κ1) is 14.4. The van der Waals surface area contributed by atoms with E-state index in [1.165, 1.54) is 62.9 Å². The van der Waals surface area contributed by atoms with Crippen LogP contribution in [-0.2, 0) is 5.41 Å². The molecule has 0 atom stereocenters. The number of hydrogen-bond donors (Lipinski definition) is 0. The summed E-state index contributed by atoms with van der Waals surface area (Å²) in [7, 11) is 0. The highest BCUT2D eigenvalue weighted by Crippen LogP contribution is 2.40. The van der Waals surface area contributed by atoms with Gasteiger partial charge in [-0.1, -0.05) is 71.1 Å². The lowest BCUT2D eigenvalue weighted by Gasteiger charge is -2.22. The molecule has 1 heteroatoms. The maximum atomic E-state index is 2.59. The van der Waals surface area contributed by atoms with Crippen LogP contribution in [0.25, 0.3) is 0 Å². The summed E-state index contributed by atoms with van der Waals surface area (Å²) in [5.41, 5.74) is 3.32. The van der Waals surface area contributed by atoms with Gasteiger partial charge >= 0.3 is 0 Å². The molecule has 1 aromatic carbocycles. The van der Waals surface area contributed by atoms with Crippen LogP contribution in [0.2, 0.25) is 0 Å². The maximum Gasteiger partial charge on any atom is 0.0405 e. The molecular weight excluding hydrogens is 230 g/mol. The lowest BCUT2D eigenvalue weighted by atomic mass is 9.87. The summed E-state index contributed by atoms with van der Waals surface area (Å²) in [6.07, 6.45) is 8.30. The van der Waals surface area contributed by atoms with Gasteiger partial charge in [-0.25, -0.2) is 0 Å². The van der Waals surface area contributed by atoms with Crippen molar-refractivity contribution in [1.82, 2.24) is 0 Å². The fraction of sp³-hybridized carbons (Fsp3) is 0.667. The standard InChI is InChI=1S/C18H29N/c1-4-5-6-7-8-11-14-19-15-18(2,3)16-12-9-10-13-17(16)19/h9-10,12-13H,4-8,11,14-15H2,1-3H3. The summed E-state index contributed by atoms with van der Waals surface area (Å²) in [6.45, 7) is 9.43. The van der Waals surface area contributed by atoms with Gasteiger partial charge < -0.3 is 4.90 Å². The van der Waals surface area contributed by atoms with Crippen LogP contribution in [0.1, 0.15) is 64.9 Å². The molecule has 0 fully saturated rings. The van der Waals surface area contributed by atoms with Gasteiger partial charge in [0.05, 0.1) is 0 Å². The average Bonchev–Trinajstić information content (AvgIpc) is 2.66. The Bertz CT molecular complexity index is 394. The lowest BCUT2D eigenvalue weighted by Crippen LogP contribution is -2.29. The highest BCUT2D eigenvalue weighted by molar-refractivity contribution is 5.61. The van der Waals surface area contributed by atoms with Crippen LogP contribution in [0.5, 0.6) is 0 Å². The van der Waals surface area contributed by atoms with Gasteiger partial charge in [-0.3, -0.25) is 0 Å². The Morgan fingerprint density at radius 1 is 1.00 bits per heavy atom. The molecule has 0 spiro atoms. The third-order valence-electron chi connectivity index (χ3n) is 4.34. The van der Waals surface area contributed by atoms with E-state index < -0.39 is 0 Å². The summed E-state index contributed by atoms with van der Waals surface area (Å²) in [5.74, 6) is 0. The van der Waals surface area contributed by atoms with Gasteiger partial charge in [0, 0.05) is 24.2 Å². The first-order valence-electron chi connectivity index (χ1n) is 7.99. The second kappa shape index (κ2) is 6.45. The van der Waals surface area contributed by atoms with Crippen molar-refractivity contribution in [3.63, 3.8) is 0 Å². The smallest absolute Gasteiger partial charge is 0.0405 e. The van der Waals surface area contributed by atoms with Crippen molar-refractivity contribution in [1.29, 1.82) is 0 Å². The molecule has 0 bridgehead atoms. The van der Waals surface area contributed by atoms with Crippen LogP contribution in [0, 0.1) is 0 Å². The minimum Gasteiger partial charge on any atom is -0.370 e. The van der Waals surface area contributed by atoms with Crippen molar-refractivity contribution in [2.75, 3.05) is 18.0 Å². The number of unbranched alkanes of at least 4 members (excludes halogenated alkanes) is 5. The Hall–Kier alpha value is -0.980. The molecule has 0 amide bonds. The van der Waals surface area contributed by atoms with Crippen molar-refractivity contribution in [2.45, 2.75) is 64.7 Å². The Kier molecular flexibility index (Phi) is 4.90. The molecule has 0 aromatic heterocycles. The predicted octanol–water partition coefficient (Wildman–Crippen LogP) is 5.14. The lowest BCUT2D eigenvalue weighted by molar-refractivity contribution is 0.537. The Morgan fingerprint density at radius 3 is 2.47 bits per heavy atom. The number of nitrogens with zero attached hydrogens (tertiary/aromatic N) is 1. The van der Waals surface area contributed by atoms with Gasteiger partial charge in [0.1, 0.15) is 0 Å². The van der Waals surface area contributed by atoms with Crippen LogP contribution in [0.3, 0.4) is 0 Å². The topological polar surface area (TPSA) is 3.24 Å². The molecule has 1 aliphatic heterocycles. The molecule has 1 heterocycles. The summed E-state index contributed by atoms with van der Waals surface area (Å²) in [4.78, 5) is 2.59. The molecule has 2 rings (SSSR count). The first-order valence-corrected chi connectivity index (χ1v) is 7.99. The van der Waals surface area contributed by atoms with E-state index in [1.807, 2.05) is 0 Å². The van der Waals surface area contributed by atoms with Gasteiger partial charge in [-0.15, -0.1) is 0 Å². The fourth-order valence-corrected chi connectivity index (χ4v) is 3.25. The Morgan fingerprint density at radius 2 is 1.68 bits per heavy atom. The quantitative estimate of drug-likeness (QED) is 0.612. The number of benzene rings is 1. The maximum absolute atomic E-state index is 2.59. The van der Waals surface area contributed by atoms with Crippen molar-refractivity contribution in [3.8, 4) is 0 Å². The van der Waals surface area contributed by atoms with E-state index in [-0.39, 0.29) is 0 Å². The predicted molar refractivity (Wildman–Crippen MR) is 85.1 cm³/mol. The SMILES string of the molecule is CCCCCCCCN1CC(C)(C)c2ccccc21. The summed E-state index contributed by atoms with van der Waals surface area (Å²) >= 11 is 0. The van der Waals surface area contributed by atoms with Crippen molar-refractivity contribution >= 4 is 5.69 Å². The highest BCUT2D eigenvalue weighted by atomic mass is 15.2. The van der Waals surface area contributed by atoms with Crippen LogP contribution in [0.4, 0.5) is 5.69 Å². The third-order valence-corrected chi connectivity index (χ3v) is 4.34. The van der Waals surface area contributed by atoms with Crippen molar-refractivity contribution < 1.29 is 0 Å². The van der Waals surface area contributed by atoms with Gasteiger partial charge in [0.15, 0.2) is 0 Å². The summed E-state index contributed by atoms with van der Waals surface area (Å²) in [5, 5.41) is 0. The van der Waals surface area contributed by atoms with E-state index >= 15 is 0 Å². The number of para-hydroxylation sites is 1. The van der Waals surface area contributed by atoms with E-state index in [1.54, 1.807) is 0 Å². The fourth-order valence-electron chi connectivity index (χ4n) is 3.25. The molecular formula is C18H29N. The minimum atomic E-state index is 0.318. The van der Waals surface area contributed by atoms with Crippen molar-refractivity contribution in [3.05, 3.63) is 29.8 Å². The zero-order valence-electron chi connectivity index (χ0n) is 12.9. The average molecular weight is 259 g/mol. The number of rotatable bonds is 7. The number of fused-ring (bicyclic) bond motifs is 1. The van der Waals surface area contributed by atoms with E-state index in [0.29, 0.717) is 5.41 Å². The molecule has 0 N–H and O–H groups in total. The summed E-state index contributed by atoms with van der Waals surface area (Å²) < 4.78 is 0. The van der Waals surface area contributed by atoms with Crippen LogP contribution in [-0.4, -0.2) is 13.1 Å². The van der Waals surface area contributed by atoms with Crippen LogP contribution < -0.4 is 4.90 Å². The van der Waals surface area contributed by atoms with Crippen molar-refractivity contribution in [2.24, 2.45) is 0 Å². The van der Waals surface area contributed by atoms with E-state index in [0.717, 1.165) is 0 Å². The molecule has 106 valence electrons. The normalized spacial score (nSPS) is 16.7. The summed E-state index contributed by atoms with van der Waals surface area (Å²) in [6, 6.07) is 8.95. The first-order chi connectivity index (χ1) is 9.15. The Balaban J connectivity index is 1.83. The van der Waals surface area contributed by atoms with Gasteiger partial charge in [0.2, 0.25) is 0 Å². The third kappa shape index (κ3) is 3.52. The van der Waals surface area contributed by atoms with E-state index in [2.05, 4.69) is 49.9 Å².